The summed E-state index contributed by atoms with van der Waals surface area (Å²) in [7, 11) is 0. The molecule has 128 valence electrons. The van der Waals surface area contributed by atoms with Crippen molar-refractivity contribution in [1.82, 2.24) is 14.6 Å². The highest BCUT2D eigenvalue weighted by molar-refractivity contribution is 7.15. The first-order chi connectivity index (χ1) is 12.5. The number of aryl methyl sites for hydroxylation is 1. The number of nitro benzene ring substituents is 1. The molecule has 0 radical (unpaired) electrons. The van der Waals surface area contributed by atoms with Crippen molar-refractivity contribution in [3.63, 3.8) is 0 Å². The summed E-state index contributed by atoms with van der Waals surface area (Å²) in [4.78, 5) is 27.8. The van der Waals surface area contributed by atoms with Crippen LogP contribution >= 0.6 is 11.3 Å². The molecule has 2 aromatic carbocycles. The van der Waals surface area contributed by atoms with Crippen LogP contribution in [0.1, 0.15) is 11.1 Å². The SMILES string of the molecule is Cc1ccccc1-c1nc2sc(=Cc3ccc([N+](=O)[O-])cc3)c(=O)n2n1. The van der Waals surface area contributed by atoms with Crippen LogP contribution in [0.4, 0.5) is 5.69 Å². The average Bonchev–Trinajstić information content (AvgIpc) is 3.16. The van der Waals surface area contributed by atoms with Crippen LogP contribution in [-0.2, 0) is 0 Å². The summed E-state index contributed by atoms with van der Waals surface area (Å²) in [6.45, 7) is 1.97. The molecule has 7 nitrogen and oxygen atoms in total. The highest BCUT2D eigenvalue weighted by Gasteiger charge is 2.13. The molecule has 0 aliphatic heterocycles. The third-order valence-corrected chi connectivity index (χ3v) is 4.93. The molecule has 0 aliphatic rings. The van der Waals surface area contributed by atoms with Crippen LogP contribution in [0.5, 0.6) is 0 Å². The van der Waals surface area contributed by atoms with Gasteiger partial charge in [-0.3, -0.25) is 14.9 Å². The molecule has 0 unspecified atom stereocenters. The van der Waals surface area contributed by atoms with E-state index in [2.05, 4.69) is 10.1 Å². The van der Waals surface area contributed by atoms with Gasteiger partial charge in [-0.1, -0.05) is 35.6 Å². The van der Waals surface area contributed by atoms with Crippen LogP contribution in [0.3, 0.4) is 0 Å². The number of rotatable bonds is 3. The molecule has 0 bridgehead atoms. The van der Waals surface area contributed by atoms with E-state index in [1.54, 1.807) is 18.2 Å². The Balaban J connectivity index is 1.77. The van der Waals surface area contributed by atoms with Gasteiger partial charge in [0.15, 0.2) is 5.82 Å². The molecule has 0 fully saturated rings. The summed E-state index contributed by atoms with van der Waals surface area (Å²) in [6, 6.07) is 13.8. The van der Waals surface area contributed by atoms with Crippen molar-refractivity contribution in [2.24, 2.45) is 0 Å². The first-order valence-corrected chi connectivity index (χ1v) is 8.56. The van der Waals surface area contributed by atoms with Crippen molar-refractivity contribution in [3.05, 3.63) is 84.7 Å². The summed E-state index contributed by atoms with van der Waals surface area (Å²) in [5.41, 5.74) is 2.39. The lowest BCUT2D eigenvalue weighted by molar-refractivity contribution is -0.384. The minimum atomic E-state index is -0.459. The number of hydrogen-bond donors (Lipinski definition) is 0. The van der Waals surface area contributed by atoms with Crippen LogP contribution in [-0.4, -0.2) is 19.5 Å². The van der Waals surface area contributed by atoms with E-state index in [9.17, 15) is 14.9 Å². The zero-order valence-electron chi connectivity index (χ0n) is 13.6. The number of non-ortho nitro benzene ring substituents is 1. The second-order valence-electron chi connectivity index (χ2n) is 5.71. The Kier molecular flexibility index (Phi) is 3.81. The number of thiazole rings is 1. The smallest absolute Gasteiger partial charge is 0.266 e. The Bertz CT molecular complexity index is 1240. The third-order valence-electron chi connectivity index (χ3n) is 3.97. The van der Waals surface area contributed by atoms with Gasteiger partial charge in [0.25, 0.3) is 11.2 Å². The molecule has 0 amide bonds. The molecular formula is C18H12N4O3S. The fourth-order valence-corrected chi connectivity index (χ4v) is 3.52. The second-order valence-corrected chi connectivity index (χ2v) is 6.72. The molecule has 4 aromatic rings. The number of fused-ring (bicyclic) bond motifs is 1. The largest absolute Gasteiger partial charge is 0.291 e. The molecule has 0 saturated heterocycles. The molecule has 2 aromatic heterocycles. The molecule has 26 heavy (non-hydrogen) atoms. The van der Waals surface area contributed by atoms with Gasteiger partial charge in [-0.15, -0.1) is 5.10 Å². The molecule has 0 N–H and O–H groups in total. The van der Waals surface area contributed by atoms with Gasteiger partial charge < -0.3 is 0 Å². The average molecular weight is 364 g/mol. The predicted octanol–water partition coefficient (Wildman–Crippen LogP) is 2.58. The van der Waals surface area contributed by atoms with Crippen molar-refractivity contribution in [3.8, 4) is 11.4 Å². The van der Waals surface area contributed by atoms with E-state index in [4.69, 9.17) is 0 Å². The fraction of sp³-hybridized carbons (Fsp3) is 0.0556. The van der Waals surface area contributed by atoms with Crippen molar-refractivity contribution in [2.45, 2.75) is 6.92 Å². The van der Waals surface area contributed by atoms with Crippen LogP contribution in [0.2, 0.25) is 0 Å². The number of nitro groups is 1. The first-order valence-electron chi connectivity index (χ1n) is 7.75. The molecule has 8 heteroatoms. The summed E-state index contributed by atoms with van der Waals surface area (Å²) in [5, 5.41) is 15.0. The van der Waals surface area contributed by atoms with E-state index < -0.39 is 4.92 Å². The molecule has 2 heterocycles. The van der Waals surface area contributed by atoms with Gasteiger partial charge in [-0.05, 0) is 36.3 Å². The van der Waals surface area contributed by atoms with Crippen LogP contribution in [0.15, 0.2) is 53.3 Å². The molecule has 0 aliphatic carbocycles. The van der Waals surface area contributed by atoms with Crippen molar-refractivity contribution >= 4 is 28.1 Å². The molecule has 4 rings (SSSR count). The van der Waals surface area contributed by atoms with Gasteiger partial charge in [0.2, 0.25) is 4.96 Å². The number of hydrogen-bond acceptors (Lipinski definition) is 6. The van der Waals surface area contributed by atoms with E-state index >= 15 is 0 Å². The number of benzene rings is 2. The van der Waals surface area contributed by atoms with Crippen LogP contribution in [0, 0.1) is 17.0 Å². The Morgan fingerprint density at radius 2 is 1.88 bits per heavy atom. The summed E-state index contributed by atoms with van der Waals surface area (Å²) in [5.74, 6) is 0.522. The lowest BCUT2D eigenvalue weighted by Crippen LogP contribution is -2.23. The van der Waals surface area contributed by atoms with Crippen molar-refractivity contribution < 1.29 is 4.92 Å². The van der Waals surface area contributed by atoms with E-state index in [1.165, 1.54) is 28.0 Å². The topological polar surface area (TPSA) is 90.4 Å². The zero-order valence-corrected chi connectivity index (χ0v) is 14.4. The third kappa shape index (κ3) is 2.76. The number of aromatic nitrogens is 3. The normalized spacial score (nSPS) is 12.0. The maximum atomic E-state index is 12.6. The lowest BCUT2D eigenvalue weighted by atomic mass is 10.1. The Labute approximate surface area is 151 Å². The van der Waals surface area contributed by atoms with Gasteiger partial charge in [0, 0.05) is 17.7 Å². The van der Waals surface area contributed by atoms with E-state index in [0.717, 1.165) is 11.1 Å². The maximum Gasteiger partial charge on any atom is 0.291 e. The molecule has 0 saturated carbocycles. The highest BCUT2D eigenvalue weighted by atomic mass is 32.1. The summed E-state index contributed by atoms with van der Waals surface area (Å²) >= 11 is 1.24. The predicted molar refractivity (Wildman–Crippen MR) is 99.2 cm³/mol. The van der Waals surface area contributed by atoms with E-state index in [1.807, 2.05) is 31.2 Å². The summed E-state index contributed by atoms with van der Waals surface area (Å²) in [6.07, 6.45) is 1.68. The van der Waals surface area contributed by atoms with Gasteiger partial charge >= 0.3 is 0 Å². The zero-order chi connectivity index (χ0) is 18.3. The molecule has 0 spiro atoms. The standard InChI is InChI=1S/C18H12N4O3S/c1-11-4-2-3-5-14(11)16-19-18-21(20-16)17(23)15(26-18)10-12-6-8-13(9-7-12)22(24)25/h2-10H,1H3. The molecular weight excluding hydrogens is 352 g/mol. The number of nitrogens with zero attached hydrogens (tertiary/aromatic N) is 4. The summed E-state index contributed by atoms with van der Waals surface area (Å²) < 4.78 is 1.77. The van der Waals surface area contributed by atoms with Gasteiger partial charge in [-0.2, -0.15) is 9.50 Å². The van der Waals surface area contributed by atoms with Gasteiger partial charge in [0.1, 0.15) is 0 Å². The van der Waals surface area contributed by atoms with Crippen molar-refractivity contribution in [2.75, 3.05) is 0 Å². The lowest BCUT2D eigenvalue weighted by Gasteiger charge is -1.98. The van der Waals surface area contributed by atoms with E-state index in [0.29, 0.717) is 20.9 Å². The second kappa shape index (κ2) is 6.16. The van der Waals surface area contributed by atoms with E-state index in [-0.39, 0.29) is 11.2 Å². The minimum absolute atomic E-state index is 0.00928. The van der Waals surface area contributed by atoms with Crippen LogP contribution < -0.4 is 10.1 Å². The maximum absolute atomic E-state index is 12.6. The Morgan fingerprint density at radius 1 is 1.15 bits per heavy atom. The van der Waals surface area contributed by atoms with Crippen molar-refractivity contribution in [1.29, 1.82) is 0 Å². The minimum Gasteiger partial charge on any atom is -0.266 e. The monoisotopic (exact) mass is 364 g/mol. The fourth-order valence-electron chi connectivity index (χ4n) is 2.62. The Morgan fingerprint density at radius 3 is 2.54 bits per heavy atom. The Hall–Kier alpha value is -3.39. The quantitative estimate of drug-likeness (QED) is 0.412. The first kappa shape index (κ1) is 16.1. The highest BCUT2D eigenvalue weighted by Crippen LogP contribution is 2.20. The van der Waals surface area contributed by atoms with Gasteiger partial charge in [-0.25, -0.2) is 0 Å². The molecule has 0 atom stereocenters. The van der Waals surface area contributed by atoms with Crippen LogP contribution in [0.25, 0.3) is 22.4 Å². The van der Waals surface area contributed by atoms with Gasteiger partial charge in [0.05, 0.1) is 9.46 Å².